The zero-order valence-corrected chi connectivity index (χ0v) is 12.4. The molecule has 0 bridgehead atoms. The SMILES string of the molecule is CCCn1ncc(Cl)c1C(O)C(CC)(CC)OC. The highest BCUT2D eigenvalue weighted by Crippen LogP contribution is 2.37. The first kappa shape index (κ1) is 15.5. The van der Waals surface area contributed by atoms with E-state index in [-0.39, 0.29) is 0 Å². The van der Waals surface area contributed by atoms with E-state index in [1.54, 1.807) is 18.0 Å². The number of hydrogen-bond acceptors (Lipinski definition) is 3. The van der Waals surface area contributed by atoms with Crippen LogP contribution in [0.25, 0.3) is 0 Å². The van der Waals surface area contributed by atoms with Gasteiger partial charge in [-0.25, -0.2) is 0 Å². The summed E-state index contributed by atoms with van der Waals surface area (Å²) >= 11 is 6.15. The molecule has 1 aromatic heterocycles. The lowest BCUT2D eigenvalue weighted by Gasteiger charge is -2.35. The summed E-state index contributed by atoms with van der Waals surface area (Å²) in [5, 5.41) is 15.3. The molecule has 0 aliphatic heterocycles. The summed E-state index contributed by atoms with van der Waals surface area (Å²) in [5.74, 6) is 0. The quantitative estimate of drug-likeness (QED) is 0.831. The van der Waals surface area contributed by atoms with Crippen molar-refractivity contribution in [3.8, 4) is 0 Å². The zero-order valence-electron chi connectivity index (χ0n) is 11.6. The molecule has 0 saturated carbocycles. The lowest BCUT2D eigenvalue weighted by molar-refractivity contribution is -0.112. The van der Waals surface area contributed by atoms with Gasteiger partial charge in [-0.15, -0.1) is 0 Å². The standard InChI is InChI=1S/C13H23ClN2O2/c1-5-8-16-11(10(14)9-15-16)12(17)13(6-2,7-3)18-4/h9,12,17H,5-8H2,1-4H3. The van der Waals surface area contributed by atoms with Gasteiger partial charge in [0.2, 0.25) is 0 Å². The first-order valence-electron chi connectivity index (χ1n) is 6.50. The van der Waals surface area contributed by atoms with Crippen LogP contribution in [-0.4, -0.2) is 27.6 Å². The van der Waals surface area contributed by atoms with Gasteiger partial charge in [0.05, 0.1) is 22.5 Å². The van der Waals surface area contributed by atoms with Crippen molar-refractivity contribution >= 4 is 11.6 Å². The number of aromatic nitrogens is 2. The highest BCUT2D eigenvalue weighted by molar-refractivity contribution is 6.31. The van der Waals surface area contributed by atoms with Crippen molar-refractivity contribution in [2.75, 3.05) is 7.11 Å². The molecule has 18 heavy (non-hydrogen) atoms. The minimum Gasteiger partial charge on any atom is -0.384 e. The third-order valence-corrected chi connectivity index (χ3v) is 3.92. The molecule has 0 aliphatic carbocycles. The molecule has 1 N–H and O–H groups in total. The number of hydrogen-bond donors (Lipinski definition) is 1. The van der Waals surface area contributed by atoms with Crippen molar-refractivity contribution < 1.29 is 9.84 Å². The van der Waals surface area contributed by atoms with Crippen LogP contribution in [0.15, 0.2) is 6.20 Å². The van der Waals surface area contributed by atoms with Gasteiger partial charge in [-0.05, 0) is 19.3 Å². The van der Waals surface area contributed by atoms with Gasteiger partial charge in [0.1, 0.15) is 6.10 Å². The van der Waals surface area contributed by atoms with Crippen LogP contribution in [0.3, 0.4) is 0 Å². The van der Waals surface area contributed by atoms with Crippen LogP contribution in [0.1, 0.15) is 51.8 Å². The van der Waals surface area contributed by atoms with E-state index in [1.165, 1.54) is 0 Å². The fourth-order valence-corrected chi connectivity index (χ4v) is 2.56. The van der Waals surface area contributed by atoms with Gasteiger partial charge in [0, 0.05) is 13.7 Å². The monoisotopic (exact) mass is 274 g/mol. The van der Waals surface area contributed by atoms with Crippen LogP contribution in [0.2, 0.25) is 5.02 Å². The van der Waals surface area contributed by atoms with E-state index >= 15 is 0 Å². The molecule has 1 aromatic rings. The number of ether oxygens (including phenoxy) is 1. The fraction of sp³-hybridized carbons (Fsp3) is 0.769. The van der Waals surface area contributed by atoms with Gasteiger partial charge in [0.25, 0.3) is 0 Å². The Morgan fingerprint density at radius 2 is 2.06 bits per heavy atom. The molecule has 1 atom stereocenters. The Labute approximate surface area is 114 Å². The Balaban J connectivity index is 3.15. The molecule has 0 saturated heterocycles. The Hall–Kier alpha value is -0.580. The minimum absolute atomic E-state index is 0.499. The average Bonchev–Trinajstić information content (AvgIpc) is 2.73. The maximum absolute atomic E-state index is 10.6. The minimum atomic E-state index is -0.765. The predicted molar refractivity (Wildman–Crippen MR) is 72.8 cm³/mol. The maximum Gasteiger partial charge on any atom is 0.126 e. The summed E-state index contributed by atoms with van der Waals surface area (Å²) in [4.78, 5) is 0. The molecule has 1 heterocycles. The maximum atomic E-state index is 10.6. The molecule has 0 spiro atoms. The normalized spacial score (nSPS) is 13.9. The fourth-order valence-electron chi connectivity index (χ4n) is 2.32. The predicted octanol–water partition coefficient (Wildman–Crippen LogP) is 3.19. The number of aliphatic hydroxyl groups is 1. The number of halogens is 1. The van der Waals surface area contributed by atoms with E-state index < -0.39 is 11.7 Å². The smallest absolute Gasteiger partial charge is 0.126 e. The van der Waals surface area contributed by atoms with E-state index in [0.717, 1.165) is 25.8 Å². The van der Waals surface area contributed by atoms with Crippen molar-refractivity contribution in [3.05, 3.63) is 16.9 Å². The van der Waals surface area contributed by atoms with Crippen molar-refractivity contribution in [3.63, 3.8) is 0 Å². The molecule has 0 fully saturated rings. The van der Waals surface area contributed by atoms with E-state index in [1.807, 2.05) is 13.8 Å². The van der Waals surface area contributed by atoms with Crippen LogP contribution in [0.4, 0.5) is 0 Å². The van der Waals surface area contributed by atoms with Crippen LogP contribution in [0, 0.1) is 0 Å². The topological polar surface area (TPSA) is 47.3 Å². The molecule has 4 nitrogen and oxygen atoms in total. The Bertz CT molecular complexity index is 367. The molecule has 0 aliphatic rings. The first-order chi connectivity index (χ1) is 8.56. The van der Waals surface area contributed by atoms with Gasteiger partial charge < -0.3 is 9.84 Å². The summed E-state index contributed by atoms with van der Waals surface area (Å²) in [5.41, 5.74) is 0.0545. The number of rotatable bonds is 7. The molecule has 0 aromatic carbocycles. The second-order valence-electron chi connectivity index (χ2n) is 4.48. The van der Waals surface area contributed by atoms with Gasteiger partial charge in [-0.3, -0.25) is 4.68 Å². The largest absolute Gasteiger partial charge is 0.384 e. The van der Waals surface area contributed by atoms with Crippen LogP contribution < -0.4 is 0 Å². The third kappa shape index (κ3) is 2.71. The van der Waals surface area contributed by atoms with Crippen molar-refractivity contribution in [1.29, 1.82) is 0 Å². The second kappa shape index (κ2) is 6.55. The first-order valence-corrected chi connectivity index (χ1v) is 6.88. The summed E-state index contributed by atoms with van der Waals surface area (Å²) < 4.78 is 7.33. The zero-order chi connectivity index (χ0) is 13.8. The highest BCUT2D eigenvalue weighted by Gasteiger charge is 2.38. The van der Waals surface area contributed by atoms with Gasteiger partial charge in [-0.1, -0.05) is 32.4 Å². The van der Waals surface area contributed by atoms with Crippen LogP contribution >= 0.6 is 11.6 Å². The van der Waals surface area contributed by atoms with Crippen molar-refractivity contribution in [1.82, 2.24) is 9.78 Å². The summed E-state index contributed by atoms with van der Waals surface area (Å²) in [6, 6.07) is 0. The molecule has 0 amide bonds. The van der Waals surface area contributed by atoms with E-state index in [9.17, 15) is 5.11 Å². The Kier molecular flexibility index (Phi) is 5.63. The Morgan fingerprint density at radius 1 is 1.44 bits per heavy atom. The number of methoxy groups -OCH3 is 1. The number of aryl methyl sites for hydroxylation is 1. The lowest BCUT2D eigenvalue weighted by Crippen LogP contribution is -2.38. The third-order valence-electron chi connectivity index (χ3n) is 3.63. The van der Waals surface area contributed by atoms with Gasteiger partial charge >= 0.3 is 0 Å². The number of aliphatic hydroxyl groups excluding tert-OH is 1. The van der Waals surface area contributed by atoms with Gasteiger partial charge in [0.15, 0.2) is 0 Å². The molecule has 0 radical (unpaired) electrons. The molecular formula is C13H23ClN2O2. The summed E-state index contributed by atoms with van der Waals surface area (Å²) in [6.07, 6.45) is 3.19. The molecule has 5 heteroatoms. The molecule has 1 rings (SSSR count). The molecule has 104 valence electrons. The summed E-state index contributed by atoms with van der Waals surface area (Å²) in [7, 11) is 1.63. The average molecular weight is 275 g/mol. The van der Waals surface area contributed by atoms with Crippen LogP contribution in [0.5, 0.6) is 0 Å². The van der Waals surface area contributed by atoms with Crippen molar-refractivity contribution in [2.45, 2.75) is 58.3 Å². The second-order valence-corrected chi connectivity index (χ2v) is 4.89. The van der Waals surface area contributed by atoms with E-state index in [0.29, 0.717) is 10.7 Å². The summed E-state index contributed by atoms with van der Waals surface area (Å²) in [6.45, 7) is 6.82. The van der Waals surface area contributed by atoms with E-state index in [4.69, 9.17) is 16.3 Å². The van der Waals surface area contributed by atoms with Crippen molar-refractivity contribution in [2.24, 2.45) is 0 Å². The Morgan fingerprint density at radius 3 is 2.50 bits per heavy atom. The van der Waals surface area contributed by atoms with Gasteiger partial charge in [-0.2, -0.15) is 5.10 Å². The van der Waals surface area contributed by atoms with Crippen LogP contribution in [-0.2, 0) is 11.3 Å². The molecular weight excluding hydrogens is 252 g/mol. The number of nitrogens with zero attached hydrogens (tertiary/aromatic N) is 2. The molecule has 1 unspecified atom stereocenters. The lowest BCUT2D eigenvalue weighted by atomic mass is 9.88. The van der Waals surface area contributed by atoms with E-state index in [2.05, 4.69) is 12.0 Å². The highest BCUT2D eigenvalue weighted by atomic mass is 35.5.